The number of carbonyl (C=O) groups is 1. The smallest absolute Gasteiger partial charge is 0.337 e. The lowest BCUT2D eigenvalue weighted by atomic mass is 10.3. The first-order valence-electron chi connectivity index (χ1n) is 5.36. The summed E-state index contributed by atoms with van der Waals surface area (Å²) in [6.07, 6.45) is 3.12. The molecule has 7 heteroatoms. The third kappa shape index (κ3) is 1.97. The molecule has 1 N–H and O–H groups in total. The number of fused-ring (bicyclic) bond motifs is 1. The number of pyridine rings is 2. The van der Waals surface area contributed by atoms with Gasteiger partial charge in [-0.05, 0) is 40.2 Å². The van der Waals surface area contributed by atoms with Crippen molar-refractivity contribution in [1.82, 2.24) is 19.6 Å². The van der Waals surface area contributed by atoms with E-state index < -0.39 is 5.97 Å². The maximum Gasteiger partial charge on any atom is 0.337 e. The molecular formula is C12H7BrN4O2. The van der Waals surface area contributed by atoms with Crippen molar-refractivity contribution in [3.8, 4) is 11.5 Å². The molecule has 3 aromatic rings. The molecule has 0 saturated heterocycles. The molecule has 0 aromatic carbocycles. The molecule has 3 rings (SSSR count). The van der Waals surface area contributed by atoms with E-state index in [1.807, 2.05) is 6.07 Å². The molecule has 0 saturated carbocycles. The van der Waals surface area contributed by atoms with E-state index >= 15 is 0 Å². The van der Waals surface area contributed by atoms with Crippen LogP contribution in [0, 0.1) is 0 Å². The van der Waals surface area contributed by atoms with Gasteiger partial charge in [-0.3, -0.25) is 9.38 Å². The van der Waals surface area contributed by atoms with Gasteiger partial charge < -0.3 is 5.11 Å². The van der Waals surface area contributed by atoms with Gasteiger partial charge in [-0.25, -0.2) is 4.79 Å². The minimum atomic E-state index is -0.998. The van der Waals surface area contributed by atoms with Gasteiger partial charge in [0.05, 0.1) is 5.56 Å². The summed E-state index contributed by atoms with van der Waals surface area (Å²) >= 11 is 3.39. The summed E-state index contributed by atoms with van der Waals surface area (Å²) in [5.74, 6) is -0.507. The molecule has 3 aromatic heterocycles. The summed E-state index contributed by atoms with van der Waals surface area (Å²) in [5, 5.41) is 17.1. The zero-order valence-electron chi connectivity index (χ0n) is 9.49. The van der Waals surface area contributed by atoms with Crippen molar-refractivity contribution in [2.75, 3.05) is 0 Å². The van der Waals surface area contributed by atoms with Crippen LogP contribution < -0.4 is 0 Å². The molecule has 94 valence electrons. The SMILES string of the molecule is O=C(O)c1ccc2nnc(-c3ncccc3Br)n2c1. The van der Waals surface area contributed by atoms with Gasteiger partial charge in [-0.2, -0.15) is 0 Å². The molecular weight excluding hydrogens is 312 g/mol. The molecule has 0 atom stereocenters. The second-order valence-corrected chi connectivity index (χ2v) is 4.66. The lowest BCUT2D eigenvalue weighted by Crippen LogP contribution is -2.00. The predicted octanol–water partition coefficient (Wildman–Crippen LogP) is 2.25. The predicted molar refractivity (Wildman–Crippen MR) is 70.9 cm³/mol. The minimum Gasteiger partial charge on any atom is -0.478 e. The van der Waals surface area contributed by atoms with Gasteiger partial charge in [0.1, 0.15) is 5.69 Å². The van der Waals surface area contributed by atoms with Gasteiger partial charge in [-0.15, -0.1) is 10.2 Å². The number of aromatic carboxylic acids is 1. The lowest BCUT2D eigenvalue weighted by molar-refractivity contribution is 0.0696. The molecule has 0 spiro atoms. The second kappa shape index (κ2) is 4.43. The molecule has 3 heterocycles. The Labute approximate surface area is 115 Å². The number of carboxylic acid groups (broad SMARTS) is 1. The highest BCUT2D eigenvalue weighted by Gasteiger charge is 2.13. The monoisotopic (exact) mass is 318 g/mol. The molecule has 0 aliphatic rings. The summed E-state index contributed by atoms with van der Waals surface area (Å²) in [5.41, 5.74) is 1.34. The molecule has 0 aliphatic heterocycles. The Morgan fingerprint density at radius 1 is 1.26 bits per heavy atom. The molecule has 0 bridgehead atoms. The Bertz CT molecular complexity index is 784. The molecule has 0 aliphatic carbocycles. The number of hydrogen-bond acceptors (Lipinski definition) is 4. The van der Waals surface area contributed by atoms with E-state index in [4.69, 9.17) is 5.11 Å². The number of halogens is 1. The zero-order chi connectivity index (χ0) is 13.4. The average Bonchev–Trinajstić information content (AvgIpc) is 2.82. The van der Waals surface area contributed by atoms with Crippen LogP contribution in [0.3, 0.4) is 0 Å². The third-order valence-corrected chi connectivity index (χ3v) is 3.26. The topological polar surface area (TPSA) is 80.4 Å². The molecule has 19 heavy (non-hydrogen) atoms. The van der Waals surface area contributed by atoms with Crippen LogP contribution in [0.15, 0.2) is 41.1 Å². The van der Waals surface area contributed by atoms with Crippen LogP contribution in [-0.4, -0.2) is 30.7 Å². The minimum absolute atomic E-state index is 0.167. The molecule has 0 amide bonds. The third-order valence-electron chi connectivity index (χ3n) is 2.62. The second-order valence-electron chi connectivity index (χ2n) is 3.81. The highest BCUT2D eigenvalue weighted by atomic mass is 79.9. The fourth-order valence-electron chi connectivity index (χ4n) is 1.73. The van der Waals surface area contributed by atoms with Crippen molar-refractivity contribution in [3.05, 3.63) is 46.7 Å². The van der Waals surface area contributed by atoms with Crippen molar-refractivity contribution in [2.45, 2.75) is 0 Å². The Hall–Kier alpha value is -2.28. The summed E-state index contributed by atoms with van der Waals surface area (Å²) < 4.78 is 2.38. The summed E-state index contributed by atoms with van der Waals surface area (Å²) in [4.78, 5) is 15.2. The molecule has 6 nitrogen and oxygen atoms in total. The van der Waals surface area contributed by atoms with Crippen LogP contribution in [0.5, 0.6) is 0 Å². The van der Waals surface area contributed by atoms with Gasteiger partial charge in [0.25, 0.3) is 0 Å². The van der Waals surface area contributed by atoms with Gasteiger partial charge in [0, 0.05) is 16.9 Å². The van der Waals surface area contributed by atoms with Crippen LogP contribution in [0.2, 0.25) is 0 Å². The van der Waals surface area contributed by atoms with Crippen LogP contribution in [-0.2, 0) is 0 Å². The van der Waals surface area contributed by atoms with E-state index in [1.54, 1.807) is 22.7 Å². The largest absolute Gasteiger partial charge is 0.478 e. The normalized spacial score (nSPS) is 10.8. The summed E-state index contributed by atoms with van der Waals surface area (Å²) in [6, 6.07) is 6.73. The summed E-state index contributed by atoms with van der Waals surface area (Å²) in [6.45, 7) is 0. The Morgan fingerprint density at radius 2 is 2.11 bits per heavy atom. The first-order valence-corrected chi connectivity index (χ1v) is 6.15. The van der Waals surface area contributed by atoms with Crippen LogP contribution in [0.25, 0.3) is 17.2 Å². The van der Waals surface area contributed by atoms with Crippen LogP contribution >= 0.6 is 15.9 Å². The van der Waals surface area contributed by atoms with Gasteiger partial charge in [-0.1, -0.05) is 0 Å². The number of nitrogens with zero attached hydrogens (tertiary/aromatic N) is 4. The van der Waals surface area contributed by atoms with E-state index in [2.05, 4.69) is 31.1 Å². The van der Waals surface area contributed by atoms with Crippen LogP contribution in [0.1, 0.15) is 10.4 Å². The van der Waals surface area contributed by atoms with Crippen molar-refractivity contribution < 1.29 is 9.90 Å². The number of hydrogen-bond donors (Lipinski definition) is 1. The van der Waals surface area contributed by atoms with Gasteiger partial charge in [0.15, 0.2) is 11.5 Å². The van der Waals surface area contributed by atoms with E-state index in [0.717, 1.165) is 4.47 Å². The average molecular weight is 319 g/mol. The zero-order valence-corrected chi connectivity index (χ0v) is 11.1. The summed E-state index contributed by atoms with van der Waals surface area (Å²) in [7, 11) is 0. The van der Waals surface area contributed by atoms with Crippen molar-refractivity contribution in [2.24, 2.45) is 0 Å². The standard InChI is InChI=1S/C12H7BrN4O2/c13-8-2-1-5-14-10(8)11-16-15-9-4-3-7(12(18)19)6-17(9)11/h1-6H,(H,18,19). The Morgan fingerprint density at radius 3 is 2.84 bits per heavy atom. The van der Waals surface area contributed by atoms with E-state index in [1.165, 1.54) is 12.3 Å². The highest BCUT2D eigenvalue weighted by Crippen LogP contribution is 2.24. The maximum atomic E-state index is 11.0. The van der Waals surface area contributed by atoms with Crippen molar-refractivity contribution in [3.63, 3.8) is 0 Å². The highest BCUT2D eigenvalue weighted by molar-refractivity contribution is 9.10. The number of aromatic nitrogens is 4. The lowest BCUT2D eigenvalue weighted by Gasteiger charge is -2.02. The number of rotatable bonds is 2. The number of carboxylic acids is 1. The fourth-order valence-corrected chi connectivity index (χ4v) is 2.16. The quantitative estimate of drug-likeness (QED) is 0.783. The van der Waals surface area contributed by atoms with Crippen molar-refractivity contribution in [1.29, 1.82) is 0 Å². The molecule has 0 fully saturated rings. The van der Waals surface area contributed by atoms with Gasteiger partial charge in [0.2, 0.25) is 0 Å². The fraction of sp³-hybridized carbons (Fsp3) is 0. The maximum absolute atomic E-state index is 11.0. The van der Waals surface area contributed by atoms with E-state index in [-0.39, 0.29) is 5.56 Å². The molecule has 0 unspecified atom stereocenters. The first kappa shape index (κ1) is 11.8. The van der Waals surface area contributed by atoms with E-state index in [0.29, 0.717) is 17.2 Å². The Balaban J connectivity index is 2.27. The van der Waals surface area contributed by atoms with Crippen molar-refractivity contribution >= 4 is 27.5 Å². The Kier molecular flexibility index (Phi) is 2.75. The molecule has 0 radical (unpaired) electrons. The van der Waals surface area contributed by atoms with Gasteiger partial charge >= 0.3 is 5.97 Å². The first-order chi connectivity index (χ1) is 9.16. The van der Waals surface area contributed by atoms with E-state index in [9.17, 15) is 4.79 Å². The van der Waals surface area contributed by atoms with Crippen LogP contribution in [0.4, 0.5) is 0 Å².